The fourth-order valence-electron chi connectivity index (χ4n) is 4.22. The number of H-pyrrole nitrogens is 2. The van der Waals surface area contributed by atoms with E-state index in [9.17, 15) is 14.7 Å². The van der Waals surface area contributed by atoms with Gasteiger partial charge in [-0.05, 0) is 23.3 Å². The van der Waals surface area contributed by atoms with E-state index >= 15 is 0 Å². The minimum absolute atomic E-state index is 0.210. The van der Waals surface area contributed by atoms with E-state index in [1.165, 1.54) is 0 Å². The van der Waals surface area contributed by atoms with Gasteiger partial charge in [-0.25, -0.2) is 4.79 Å². The van der Waals surface area contributed by atoms with Crippen LogP contribution in [0.4, 0.5) is 0 Å². The predicted octanol–water partition coefficient (Wildman–Crippen LogP) is 3.08. The SMILES string of the molecule is C[N+](C)(C)[C@@H](Cc1c[nH]c2ccccc12)C(=O)N[C@H](Cc1c[nH]c2ccccc12)C(=O)O. The zero-order valence-corrected chi connectivity index (χ0v) is 18.6. The highest BCUT2D eigenvalue weighted by molar-refractivity contribution is 5.89. The molecule has 0 spiro atoms. The molecule has 0 aliphatic carbocycles. The summed E-state index contributed by atoms with van der Waals surface area (Å²) in [5.74, 6) is -1.31. The molecule has 1 amide bonds. The first-order valence-corrected chi connectivity index (χ1v) is 10.7. The van der Waals surface area contributed by atoms with E-state index < -0.39 is 18.1 Å². The van der Waals surface area contributed by atoms with Crippen LogP contribution in [0.1, 0.15) is 11.1 Å². The molecule has 0 unspecified atom stereocenters. The summed E-state index contributed by atoms with van der Waals surface area (Å²) >= 11 is 0. The smallest absolute Gasteiger partial charge is 0.326 e. The van der Waals surface area contributed by atoms with E-state index in [4.69, 9.17) is 0 Å². The van der Waals surface area contributed by atoms with Crippen molar-refractivity contribution in [3.8, 4) is 0 Å². The highest BCUT2D eigenvalue weighted by atomic mass is 16.4. The summed E-state index contributed by atoms with van der Waals surface area (Å²) < 4.78 is 0.380. The lowest BCUT2D eigenvalue weighted by Crippen LogP contribution is -2.57. The number of para-hydroxylation sites is 2. The molecule has 2 aromatic heterocycles. The molecular weight excluding hydrogens is 404 g/mol. The van der Waals surface area contributed by atoms with Crippen LogP contribution in [0, 0.1) is 0 Å². The van der Waals surface area contributed by atoms with E-state index in [1.807, 2.05) is 82.1 Å². The van der Waals surface area contributed by atoms with Gasteiger partial charge >= 0.3 is 5.97 Å². The molecule has 0 fully saturated rings. The van der Waals surface area contributed by atoms with Crippen molar-refractivity contribution < 1.29 is 19.2 Å². The number of amides is 1. The molecule has 2 atom stereocenters. The van der Waals surface area contributed by atoms with Crippen molar-refractivity contribution in [3.63, 3.8) is 0 Å². The zero-order chi connectivity index (χ0) is 22.9. The Hall–Kier alpha value is -3.58. The lowest BCUT2D eigenvalue weighted by atomic mass is 10.0. The molecule has 2 heterocycles. The standard InChI is InChI=1S/C25H28N4O3/c1-29(2,3)23(13-17-15-27-21-11-7-5-9-19(17)21)24(30)28-22(25(31)32)12-16-14-26-20-10-6-4-8-18(16)20/h4-11,14-15,22-23,26-27H,12-13H2,1-3H3,(H-,28,30,31,32)/p+1/t22-,23+/m1/s1. The molecule has 0 aliphatic rings. The van der Waals surface area contributed by atoms with E-state index in [-0.39, 0.29) is 12.3 Å². The van der Waals surface area contributed by atoms with E-state index in [0.717, 1.165) is 32.9 Å². The monoisotopic (exact) mass is 433 g/mol. The zero-order valence-electron chi connectivity index (χ0n) is 18.6. The van der Waals surface area contributed by atoms with Crippen LogP contribution in [-0.2, 0) is 22.4 Å². The number of hydrogen-bond donors (Lipinski definition) is 4. The lowest BCUT2D eigenvalue weighted by molar-refractivity contribution is -0.886. The van der Waals surface area contributed by atoms with Crippen molar-refractivity contribution in [1.29, 1.82) is 0 Å². The van der Waals surface area contributed by atoms with Gasteiger partial charge in [0.15, 0.2) is 6.04 Å². The fourth-order valence-corrected chi connectivity index (χ4v) is 4.22. The third-order valence-corrected chi connectivity index (χ3v) is 6.04. The highest BCUT2D eigenvalue weighted by Gasteiger charge is 2.35. The molecule has 7 nitrogen and oxygen atoms in total. The molecule has 4 aromatic rings. The van der Waals surface area contributed by atoms with Crippen LogP contribution in [0.5, 0.6) is 0 Å². The fraction of sp³-hybridized carbons (Fsp3) is 0.280. The number of rotatable bonds is 8. The summed E-state index contributed by atoms with van der Waals surface area (Å²) in [5.41, 5.74) is 3.87. The average Bonchev–Trinajstić information content (AvgIpc) is 3.35. The molecule has 0 bridgehead atoms. The molecule has 0 aliphatic heterocycles. The summed E-state index contributed by atoms with van der Waals surface area (Å²) in [6, 6.07) is 14.3. The number of aromatic amines is 2. The Morgan fingerprint density at radius 1 is 0.875 bits per heavy atom. The molecule has 0 saturated heterocycles. The third-order valence-electron chi connectivity index (χ3n) is 6.04. The van der Waals surface area contributed by atoms with Crippen molar-refractivity contribution in [1.82, 2.24) is 15.3 Å². The predicted molar refractivity (Wildman–Crippen MR) is 125 cm³/mol. The van der Waals surface area contributed by atoms with Crippen LogP contribution in [0.3, 0.4) is 0 Å². The number of nitrogens with one attached hydrogen (secondary N) is 3. The maximum absolute atomic E-state index is 13.4. The molecule has 32 heavy (non-hydrogen) atoms. The molecule has 166 valence electrons. The Bertz CT molecular complexity index is 1260. The van der Waals surface area contributed by atoms with Crippen molar-refractivity contribution in [2.24, 2.45) is 0 Å². The van der Waals surface area contributed by atoms with Crippen LogP contribution in [0.15, 0.2) is 60.9 Å². The molecular formula is C25H29N4O3+. The van der Waals surface area contributed by atoms with Crippen LogP contribution >= 0.6 is 0 Å². The average molecular weight is 434 g/mol. The van der Waals surface area contributed by atoms with Gasteiger partial charge in [-0.1, -0.05) is 36.4 Å². The summed E-state index contributed by atoms with van der Waals surface area (Å²) in [5, 5.41) is 14.7. The summed E-state index contributed by atoms with van der Waals surface area (Å²) in [7, 11) is 5.86. The molecule has 4 rings (SSSR count). The van der Waals surface area contributed by atoms with Gasteiger partial charge in [0.1, 0.15) is 6.04 Å². The Labute approximate surface area is 186 Å². The molecule has 0 saturated carbocycles. The summed E-state index contributed by atoms with van der Waals surface area (Å²) in [4.78, 5) is 31.8. The first-order chi connectivity index (χ1) is 15.2. The molecule has 4 N–H and O–H groups in total. The van der Waals surface area contributed by atoms with Crippen LogP contribution < -0.4 is 5.32 Å². The normalized spacial score (nSPS) is 13.8. The van der Waals surface area contributed by atoms with Gasteiger partial charge in [0.05, 0.1) is 21.1 Å². The van der Waals surface area contributed by atoms with Gasteiger partial charge in [-0.3, -0.25) is 4.79 Å². The molecule has 0 radical (unpaired) electrons. The number of hydrogen-bond acceptors (Lipinski definition) is 2. The number of carboxylic acids is 1. The van der Waals surface area contributed by atoms with E-state index in [2.05, 4.69) is 15.3 Å². The van der Waals surface area contributed by atoms with Gasteiger partial charge < -0.3 is 24.9 Å². The van der Waals surface area contributed by atoms with Gasteiger partial charge in [0, 0.05) is 47.0 Å². The Kier molecular flexibility index (Phi) is 5.76. The summed E-state index contributed by atoms with van der Waals surface area (Å²) in [6.07, 6.45) is 4.46. The van der Waals surface area contributed by atoms with Crippen LogP contribution in [-0.4, -0.2) is 64.7 Å². The first-order valence-electron chi connectivity index (χ1n) is 10.7. The molecule has 7 heteroatoms. The van der Waals surface area contributed by atoms with Gasteiger partial charge in [0.2, 0.25) is 0 Å². The quantitative estimate of drug-likeness (QED) is 0.322. The second-order valence-corrected chi connectivity index (χ2v) is 9.16. The molecule has 2 aromatic carbocycles. The first kappa shape index (κ1) is 21.6. The van der Waals surface area contributed by atoms with Gasteiger partial charge in [-0.15, -0.1) is 0 Å². The number of carbonyl (C=O) groups is 2. The Morgan fingerprint density at radius 3 is 1.88 bits per heavy atom. The lowest BCUT2D eigenvalue weighted by Gasteiger charge is -2.33. The largest absolute Gasteiger partial charge is 0.480 e. The minimum Gasteiger partial charge on any atom is -0.480 e. The Balaban J connectivity index is 1.56. The van der Waals surface area contributed by atoms with Gasteiger partial charge in [0.25, 0.3) is 5.91 Å². The highest BCUT2D eigenvalue weighted by Crippen LogP contribution is 2.22. The van der Waals surface area contributed by atoms with Crippen molar-refractivity contribution in [3.05, 3.63) is 72.1 Å². The van der Waals surface area contributed by atoms with Crippen molar-refractivity contribution >= 4 is 33.7 Å². The van der Waals surface area contributed by atoms with E-state index in [0.29, 0.717) is 10.9 Å². The number of quaternary nitrogens is 1. The maximum Gasteiger partial charge on any atom is 0.326 e. The maximum atomic E-state index is 13.4. The van der Waals surface area contributed by atoms with Gasteiger partial charge in [-0.2, -0.15) is 0 Å². The Morgan fingerprint density at radius 2 is 1.38 bits per heavy atom. The van der Waals surface area contributed by atoms with Crippen molar-refractivity contribution in [2.75, 3.05) is 21.1 Å². The number of aliphatic carboxylic acids is 1. The number of nitrogens with zero attached hydrogens (tertiary/aromatic N) is 1. The number of benzene rings is 2. The minimum atomic E-state index is -1.05. The summed E-state index contributed by atoms with van der Waals surface area (Å²) in [6.45, 7) is 0. The number of aromatic nitrogens is 2. The second kappa shape index (κ2) is 8.51. The number of fused-ring (bicyclic) bond motifs is 2. The van der Waals surface area contributed by atoms with Crippen LogP contribution in [0.2, 0.25) is 0 Å². The number of carboxylic acid groups (broad SMARTS) is 1. The van der Waals surface area contributed by atoms with Crippen molar-refractivity contribution in [2.45, 2.75) is 24.9 Å². The van der Waals surface area contributed by atoms with E-state index in [1.54, 1.807) is 0 Å². The second-order valence-electron chi connectivity index (χ2n) is 9.16. The number of likely N-dealkylation sites (N-methyl/N-ethyl adjacent to an activating group) is 1. The number of carbonyl (C=O) groups excluding carboxylic acids is 1. The topological polar surface area (TPSA) is 98.0 Å². The third kappa shape index (κ3) is 4.38. The van der Waals surface area contributed by atoms with Crippen LogP contribution in [0.25, 0.3) is 21.8 Å².